The molecule has 34 heavy (non-hydrogen) atoms. The van der Waals surface area contributed by atoms with Crippen molar-refractivity contribution in [3.63, 3.8) is 0 Å². The highest BCUT2D eigenvalue weighted by Crippen LogP contribution is 2.36. The van der Waals surface area contributed by atoms with Gasteiger partial charge in [-0.2, -0.15) is 8.42 Å². The molecule has 1 fully saturated rings. The highest BCUT2D eigenvalue weighted by Gasteiger charge is 2.32. The van der Waals surface area contributed by atoms with Crippen molar-refractivity contribution in [2.45, 2.75) is 43.8 Å². The zero-order valence-electron chi connectivity index (χ0n) is 18.1. The van der Waals surface area contributed by atoms with Gasteiger partial charge in [0.25, 0.3) is 15.7 Å². The molecule has 0 atom stereocenters. The number of esters is 1. The lowest BCUT2D eigenvalue weighted by Crippen LogP contribution is -2.35. The molecule has 0 N–H and O–H groups in total. The lowest BCUT2D eigenvalue weighted by molar-refractivity contribution is -0.385. The first-order valence-corrected chi connectivity index (χ1v) is 12.2. The minimum Gasteiger partial charge on any atom is -0.467 e. The largest absolute Gasteiger partial charge is 0.467 e. The summed E-state index contributed by atoms with van der Waals surface area (Å²) in [5.74, 6) is 0.136. The minimum atomic E-state index is -3.95. The van der Waals surface area contributed by atoms with Gasteiger partial charge in [-0.05, 0) is 31.0 Å². The molecule has 12 heteroatoms. The molecule has 3 aliphatic rings. The molecule has 1 saturated heterocycles. The molecule has 0 saturated carbocycles. The summed E-state index contributed by atoms with van der Waals surface area (Å²) in [5, 5.41) is 11.3. The number of nitro benzene ring substituents is 1. The number of ether oxygens (including phenoxy) is 3. The predicted octanol–water partition coefficient (Wildman–Crippen LogP) is 3.30. The van der Waals surface area contributed by atoms with Crippen LogP contribution < -0.4 is 9.64 Å². The van der Waals surface area contributed by atoms with E-state index in [1.807, 2.05) is 4.90 Å². The van der Waals surface area contributed by atoms with Crippen molar-refractivity contribution < 1.29 is 32.3 Å². The number of rotatable bonds is 4. The number of carbonyl (C=O) groups excluding carboxylic acids is 1. The van der Waals surface area contributed by atoms with Crippen molar-refractivity contribution in [3.05, 3.63) is 57.1 Å². The van der Waals surface area contributed by atoms with Gasteiger partial charge in [-0.25, -0.2) is 4.79 Å². The fraction of sp³-hybridized carbons (Fsp3) is 0.364. The van der Waals surface area contributed by atoms with Gasteiger partial charge in [0.2, 0.25) is 0 Å². The van der Waals surface area contributed by atoms with Crippen LogP contribution in [0.4, 0.5) is 11.4 Å². The Kier molecular flexibility index (Phi) is 5.70. The molecule has 0 unspecified atom stereocenters. The van der Waals surface area contributed by atoms with Crippen LogP contribution in [0.15, 0.2) is 39.6 Å². The highest BCUT2D eigenvalue weighted by molar-refractivity contribution is 7.90. The number of fused-ring (bicyclic) bond motifs is 4. The third-order valence-electron chi connectivity index (χ3n) is 5.92. The van der Waals surface area contributed by atoms with Gasteiger partial charge in [0.05, 0.1) is 22.8 Å². The summed E-state index contributed by atoms with van der Waals surface area (Å²) in [6.07, 6.45) is 3.38. The third kappa shape index (κ3) is 4.10. The Morgan fingerprint density at radius 1 is 1.21 bits per heavy atom. The normalized spacial score (nSPS) is 18.4. The van der Waals surface area contributed by atoms with Crippen LogP contribution in [0.25, 0.3) is 0 Å². The second kappa shape index (κ2) is 8.69. The highest BCUT2D eigenvalue weighted by atomic mass is 32.2. The van der Waals surface area contributed by atoms with E-state index in [0.29, 0.717) is 41.4 Å². The molecule has 0 spiro atoms. The molecule has 5 rings (SSSR count). The van der Waals surface area contributed by atoms with Gasteiger partial charge in [0, 0.05) is 36.2 Å². The van der Waals surface area contributed by atoms with Crippen molar-refractivity contribution in [2.75, 3.05) is 18.2 Å². The van der Waals surface area contributed by atoms with Crippen molar-refractivity contribution in [3.8, 4) is 5.75 Å². The number of hydrogen-bond donors (Lipinski definition) is 0. The third-order valence-corrected chi connectivity index (χ3v) is 7.26. The maximum atomic E-state index is 12.8. The van der Waals surface area contributed by atoms with Gasteiger partial charge >= 0.3 is 5.97 Å². The van der Waals surface area contributed by atoms with E-state index in [-0.39, 0.29) is 36.2 Å². The average molecular weight is 487 g/mol. The molecule has 2 aromatic carbocycles. The standard InChI is InChI=1S/C22H21N3O8S/c26-22(32-12-16-9-17(25(27)28)8-15-11-31-13-33-21(15)16)14-5-6-18-19(10-14)34(29,30)23-20-4-2-1-3-7-24(18)20/h5-6,8-10H,1-4,7,11-13H2. The zero-order valence-corrected chi connectivity index (χ0v) is 18.9. The van der Waals surface area contributed by atoms with Gasteiger partial charge in [0.1, 0.15) is 23.1 Å². The molecule has 0 radical (unpaired) electrons. The Balaban J connectivity index is 1.41. The van der Waals surface area contributed by atoms with Gasteiger partial charge in [-0.15, -0.1) is 4.40 Å². The first-order chi connectivity index (χ1) is 16.3. The van der Waals surface area contributed by atoms with Crippen LogP contribution in [0.3, 0.4) is 0 Å². The summed E-state index contributed by atoms with van der Waals surface area (Å²) < 4.78 is 45.6. The number of carbonyl (C=O) groups is 1. The fourth-order valence-electron chi connectivity index (χ4n) is 4.33. The van der Waals surface area contributed by atoms with Crippen LogP contribution in [-0.4, -0.2) is 38.5 Å². The monoisotopic (exact) mass is 487 g/mol. The molecule has 3 heterocycles. The molecule has 3 aliphatic heterocycles. The lowest BCUT2D eigenvalue weighted by Gasteiger charge is -2.29. The minimum absolute atomic E-state index is 0.0204. The number of anilines is 1. The number of benzene rings is 2. The smallest absolute Gasteiger partial charge is 0.338 e. The van der Waals surface area contributed by atoms with Crippen LogP contribution in [-0.2, 0) is 32.7 Å². The number of nitrogens with zero attached hydrogens (tertiary/aromatic N) is 3. The van der Waals surface area contributed by atoms with Crippen molar-refractivity contribution >= 4 is 33.2 Å². The van der Waals surface area contributed by atoms with Crippen molar-refractivity contribution in [1.82, 2.24) is 0 Å². The molecule has 0 aromatic heterocycles. The Bertz CT molecular complexity index is 1320. The van der Waals surface area contributed by atoms with Crippen molar-refractivity contribution in [1.29, 1.82) is 0 Å². The SMILES string of the molecule is O=C(OCc1cc([N+](=O)[O-])cc2c1OCOC2)c1ccc2c(c1)S(=O)(=O)N=C1CCCCCN12. The van der Waals surface area contributed by atoms with E-state index in [2.05, 4.69) is 4.40 Å². The first kappa shape index (κ1) is 22.3. The summed E-state index contributed by atoms with van der Waals surface area (Å²) in [5.41, 5.74) is 1.18. The van der Waals surface area contributed by atoms with Crippen LogP contribution in [0, 0.1) is 10.1 Å². The summed E-state index contributed by atoms with van der Waals surface area (Å²) in [6, 6.07) is 7.01. The summed E-state index contributed by atoms with van der Waals surface area (Å²) in [4.78, 5) is 25.3. The number of amidine groups is 1. The second-order valence-corrected chi connectivity index (χ2v) is 9.74. The predicted molar refractivity (Wildman–Crippen MR) is 119 cm³/mol. The van der Waals surface area contributed by atoms with E-state index < -0.39 is 20.9 Å². The van der Waals surface area contributed by atoms with Gasteiger partial charge in [-0.3, -0.25) is 10.1 Å². The summed E-state index contributed by atoms with van der Waals surface area (Å²) >= 11 is 0. The summed E-state index contributed by atoms with van der Waals surface area (Å²) in [7, 11) is -3.95. The maximum Gasteiger partial charge on any atom is 0.338 e. The van der Waals surface area contributed by atoms with E-state index in [1.165, 1.54) is 24.3 Å². The van der Waals surface area contributed by atoms with Gasteiger partial charge in [-0.1, -0.05) is 6.42 Å². The quantitative estimate of drug-likeness (QED) is 0.361. The van der Waals surface area contributed by atoms with E-state index in [0.717, 1.165) is 19.3 Å². The van der Waals surface area contributed by atoms with Crippen LogP contribution in [0.5, 0.6) is 5.75 Å². The van der Waals surface area contributed by atoms with Gasteiger partial charge in [0.15, 0.2) is 6.79 Å². The molecule has 2 aromatic rings. The van der Waals surface area contributed by atoms with E-state index in [9.17, 15) is 23.3 Å². The molecule has 0 aliphatic carbocycles. The fourth-order valence-corrected chi connectivity index (χ4v) is 5.61. The van der Waals surface area contributed by atoms with Crippen LogP contribution >= 0.6 is 0 Å². The zero-order chi connectivity index (χ0) is 23.9. The van der Waals surface area contributed by atoms with E-state index >= 15 is 0 Å². The first-order valence-electron chi connectivity index (χ1n) is 10.8. The van der Waals surface area contributed by atoms with E-state index in [1.54, 1.807) is 6.07 Å². The number of non-ortho nitro benzene ring substituents is 1. The Morgan fingerprint density at radius 2 is 2.06 bits per heavy atom. The van der Waals surface area contributed by atoms with Crippen molar-refractivity contribution in [2.24, 2.45) is 4.40 Å². The second-order valence-electron chi connectivity index (χ2n) is 8.16. The summed E-state index contributed by atoms with van der Waals surface area (Å²) in [6.45, 7) is 0.487. The molecule has 0 bridgehead atoms. The van der Waals surface area contributed by atoms with E-state index in [4.69, 9.17) is 14.2 Å². The Hall–Kier alpha value is -3.51. The average Bonchev–Trinajstić information content (AvgIpc) is 3.06. The number of nitro groups is 1. The van der Waals surface area contributed by atoms with Crippen LogP contribution in [0.1, 0.15) is 47.2 Å². The Labute approximate surface area is 195 Å². The van der Waals surface area contributed by atoms with Gasteiger partial charge < -0.3 is 19.1 Å². The van der Waals surface area contributed by atoms with Crippen LogP contribution in [0.2, 0.25) is 0 Å². The number of sulfonamides is 1. The Morgan fingerprint density at radius 3 is 2.88 bits per heavy atom. The molecule has 178 valence electrons. The maximum absolute atomic E-state index is 12.8. The molecule has 11 nitrogen and oxygen atoms in total. The number of hydrogen-bond acceptors (Lipinski definition) is 9. The topological polar surface area (TPSA) is 138 Å². The molecular formula is C22H21N3O8S. The lowest BCUT2D eigenvalue weighted by atomic mass is 10.1. The molecule has 0 amide bonds. The molecular weight excluding hydrogens is 466 g/mol.